The van der Waals surface area contributed by atoms with E-state index < -0.39 is 0 Å². The lowest BCUT2D eigenvalue weighted by atomic mass is 10.0. The number of halogens is 1. The van der Waals surface area contributed by atoms with Crippen LogP contribution in [0.2, 0.25) is 0 Å². The first-order valence-electron chi connectivity index (χ1n) is 6.29. The van der Waals surface area contributed by atoms with Gasteiger partial charge in [0, 0.05) is 37.4 Å². The van der Waals surface area contributed by atoms with Crippen molar-refractivity contribution in [3.8, 4) is 0 Å². The summed E-state index contributed by atoms with van der Waals surface area (Å²) in [5.74, 6) is -0.147. The summed E-state index contributed by atoms with van der Waals surface area (Å²) in [6.45, 7) is 3.79. The molecule has 1 aromatic rings. The Bertz CT molecular complexity index is 379. The lowest BCUT2D eigenvalue weighted by Gasteiger charge is -2.26. The summed E-state index contributed by atoms with van der Waals surface area (Å²) >= 11 is 0. The van der Waals surface area contributed by atoms with Crippen LogP contribution in [-0.2, 0) is 0 Å². The molecule has 0 aromatic heterocycles. The summed E-state index contributed by atoms with van der Waals surface area (Å²) in [6, 6.07) is 5.26. The molecule has 0 bridgehead atoms. The molecule has 0 radical (unpaired) electrons. The van der Waals surface area contributed by atoms with Gasteiger partial charge in [-0.15, -0.1) is 0 Å². The molecule has 102 valence electrons. The van der Waals surface area contributed by atoms with E-state index in [-0.39, 0.29) is 11.9 Å². The average molecular weight is 253 g/mol. The quantitative estimate of drug-likeness (QED) is 0.837. The third kappa shape index (κ3) is 3.68. The minimum absolute atomic E-state index is 0.00278. The van der Waals surface area contributed by atoms with Crippen LogP contribution in [0.25, 0.3) is 0 Å². The molecule has 1 unspecified atom stereocenters. The number of hydrogen-bond donors (Lipinski definition) is 1. The summed E-state index contributed by atoms with van der Waals surface area (Å²) in [4.78, 5) is 4.23. The SMILES string of the molecule is CNC(C)c1c(F)cccc1N(C)CCN(C)C. The molecule has 1 rings (SSSR count). The Morgan fingerprint density at radius 2 is 1.89 bits per heavy atom. The van der Waals surface area contributed by atoms with Gasteiger partial charge in [-0.05, 0) is 40.2 Å². The zero-order chi connectivity index (χ0) is 13.7. The largest absolute Gasteiger partial charge is 0.373 e. The first-order chi connectivity index (χ1) is 8.47. The molecule has 0 saturated carbocycles. The smallest absolute Gasteiger partial charge is 0.130 e. The molecular weight excluding hydrogens is 229 g/mol. The summed E-state index contributed by atoms with van der Waals surface area (Å²) in [5, 5.41) is 3.11. The maximum Gasteiger partial charge on any atom is 0.130 e. The Morgan fingerprint density at radius 1 is 1.22 bits per heavy atom. The standard InChI is InChI=1S/C14H24FN3/c1-11(16-2)14-12(15)7-6-8-13(14)18(5)10-9-17(3)4/h6-8,11,16H,9-10H2,1-5H3. The molecule has 0 saturated heterocycles. The summed E-state index contributed by atoms with van der Waals surface area (Å²) in [6.07, 6.45) is 0. The van der Waals surface area contributed by atoms with Gasteiger partial charge < -0.3 is 15.1 Å². The fourth-order valence-corrected chi connectivity index (χ4v) is 1.90. The van der Waals surface area contributed by atoms with E-state index in [4.69, 9.17) is 0 Å². The van der Waals surface area contributed by atoms with Crippen molar-refractivity contribution in [2.75, 3.05) is 46.2 Å². The van der Waals surface area contributed by atoms with E-state index in [1.807, 2.05) is 41.2 Å². The molecule has 0 amide bonds. The highest BCUT2D eigenvalue weighted by Crippen LogP contribution is 2.27. The number of hydrogen-bond acceptors (Lipinski definition) is 3. The van der Waals surface area contributed by atoms with Gasteiger partial charge in [-0.25, -0.2) is 4.39 Å². The van der Waals surface area contributed by atoms with Crippen LogP contribution < -0.4 is 10.2 Å². The van der Waals surface area contributed by atoms with Gasteiger partial charge in [0.2, 0.25) is 0 Å². The highest BCUT2D eigenvalue weighted by atomic mass is 19.1. The van der Waals surface area contributed by atoms with Gasteiger partial charge in [0.05, 0.1) is 0 Å². The zero-order valence-electron chi connectivity index (χ0n) is 12.0. The van der Waals surface area contributed by atoms with Gasteiger partial charge in [0.15, 0.2) is 0 Å². The van der Waals surface area contributed by atoms with Gasteiger partial charge in [-0.1, -0.05) is 6.07 Å². The van der Waals surface area contributed by atoms with E-state index in [9.17, 15) is 4.39 Å². The Morgan fingerprint density at radius 3 is 2.44 bits per heavy atom. The lowest BCUT2D eigenvalue weighted by Crippen LogP contribution is -2.30. The van der Waals surface area contributed by atoms with Crippen LogP contribution in [0.5, 0.6) is 0 Å². The average Bonchev–Trinajstić information content (AvgIpc) is 2.34. The van der Waals surface area contributed by atoms with Crippen molar-refractivity contribution in [2.45, 2.75) is 13.0 Å². The molecule has 0 aliphatic rings. The fourth-order valence-electron chi connectivity index (χ4n) is 1.90. The minimum Gasteiger partial charge on any atom is -0.373 e. The van der Waals surface area contributed by atoms with Crippen LogP contribution in [-0.4, -0.2) is 46.2 Å². The topological polar surface area (TPSA) is 18.5 Å². The lowest BCUT2D eigenvalue weighted by molar-refractivity contribution is 0.416. The van der Waals surface area contributed by atoms with Crippen molar-refractivity contribution in [3.63, 3.8) is 0 Å². The first-order valence-corrected chi connectivity index (χ1v) is 6.29. The summed E-state index contributed by atoms with van der Waals surface area (Å²) in [5.41, 5.74) is 1.69. The molecule has 3 nitrogen and oxygen atoms in total. The van der Waals surface area contributed by atoms with Crippen molar-refractivity contribution in [1.29, 1.82) is 0 Å². The molecule has 4 heteroatoms. The predicted octanol–water partition coefficient (Wildman–Crippen LogP) is 2.10. The zero-order valence-corrected chi connectivity index (χ0v) is 12.0. The van der Waals surface area contributed by atoms with Crippen LogP contribution in [0.4, 0.5) is 10.1 Å². The molecule has 0 fully saturated rings. The van der Waals surface area contributed by atoms with Crippen molar-refractivity contribution >= 4 is 5.69 Å². The van der Waals surface area contributed by atoms with E-state index in [2.05, 4.69) is 15.1 Å². The third-order valence-electron chi connectivity index (χ3n) is 3.19. The van der Waals surface area contributed by atoms with Gasteiger partial charge in [0.25, 0.3) is 0 Å². The van der Waals surface area contributed by atoms with Gasteiger partial charge in [-0.2, -0.15) is 0 Å². The molecule has 1 aromatic carbocycles. The predicted molar refractivity (Wildman–Crippen MR) is 75.7 cm³/mol. The third-order valence-corrected chi connectivity index (χ3v) is 3.19. The molecule has 0 aliphatic carbocycles. The molecule has 0 spiro atoms. The van der Waals surface area contributed by atoms with Crippen LogP contribution >= 0.6 is 0 Å². The number of benzene rings is 1. The highest BCUT2D eigenvalue weighted by molar-refractivity contribution is 5.55. The highest BCUT2D eigenvalue weighted by Gasteiger charge is 2.16. The molecule has 0 heterocycles. The van der Waals surface area contributed by atoms with Crippen LogP contribution in [0.15, 0.2) is 18.2 Å². The van der Waals surface area contributed by atoms with E-state index in [1.54, 1.807) is 6.07 Å². The van der Waals surface area contributed by atoms with Gasteiger partial charge >= 0.3 is 0 Å². The van der Waals surface area contributed by atoms with E-state index in [0.29, 0.717) is 0 Å². The number of nitrogens with zero attached hydrogens (tertiary/aromatic N) is 2. The second-order valence-corrected chi connectivity index (χ2v) is 4.91. The fraction of sp³-hybridized carbons (Fsp3) is 0.571. The maximum absolute atomic E-state index is 14.0. The Labute approximate surface area is 110 Å². The molecule has 0 aliphatic heterocycles. The van der Waals surface area contributed by atoms with Crippen LogP contribution in [0, 0.1) is 5.82 Å². The normalized spacial score (nSPS) is 12.8. The number of anilines is 1. The maximum atomic E-state index is 14.0. The summed E-state index contributed by atoms with van der Waals surface area (Å²) < 4.78 is 14.0. The minimum atomic E-state index is -0.147. The van der Waals surface area contributed by atoms with Crippen molar-refractivity contribution in [2.24, 2.45) is 0 Å². The molecular formula is C14H24FN3. The van der Waals surface area contributed by atoms with Gasteiger partial charge in [0.1, 0.15) is 5.82 Å². The van der Waals surface area contributed by atoms with E-state index in [1.165, 1.54) is 6.07 Å². The van der Waals surface area contributed by atoms with Gasteiger partial charge in [-0.3, -0.25) is 0 Å². The van der Waals surface area contributed by atoms with Crippen LogP contribution in [0.1, 0.15) is 18.5 Å². The second kappa shape index (κ2) is 6.71. The second-order valence-electron chi connectivity index (χ2n) is 4.91. The van der Waals surface area contributed by atoms with Crippen LogP contribution in [0.3, 0.4) is 0 Å². The number of nitrogens with one attached hydrogen (secondary N) is 1. The molecule has 1 N–H and O–H groups in total. The first kappa shape index (κ1) is 14.9. The van der Waals surface area contributed by atoms with E-state index in [0.717, 1.165) is 24.3 Å². The Balaban J connectivity index is 2.96. The monoisotopic (exact) mass is 253 g/mol. The number of rotatable bonds is 6. The molecule has 18 heavy (non-hydrogen) atoms. The van der Waals surface area contributed by atoms with E-state index >= 15 is 0 Å². The van der Waals surface area contributed by atoms with Crippen molar-refractivity contribution in [1.82, 2.24) is 10.2 Å². The number of likely N-dealkylation sites (N-methyl/N-ethyl adjacent to an activating group) is 2. The van der Waals surface area contributed by atoms with Crippen molar-refractivity contribution in [3.05, 3.63) is 29.6 Å². The summed E-state index contributed by atoms with van der Waals surface area (Å²) in [7, 11) is 7.93. The Kier molecular flexibility index (Phi) is 5.56. The Hall–Kier alpha value is -1.13. The van der Waals surface area contributed by atoms with Crippen molar-refractivity contribution < 1.29 is 4.39 Å². The molecule has 1 atom stereocenters.